The largest absolute Gasteiger partial charge is 0.389 e. The zero-order chi connectivity index (χ0) is 14.5. The summed E-state index contributed by atoms with van der Waals surface area (Å²) >= 11 is 0. The van der Waals surface area contributed by atoms with E-state index < -0.39 is 0 Å². The minimum absolute atomic E-state index is 0.291. The smallest absolute Gasteiger partial charge is 0.320 e. The molecule has 3 aromatic carbocycles. The van der Waals surface area contributed by atoms with E-state index in [4.69, 9.17) is 0 Å². The van der Waals surface area contributed by atoms with Crippen molar-refractivity contribution in [3.8, 4) is 0 Å². The fourth-order valence-corrected chi connectivity index (χ4v) is 3.58. The van der Waals surface area contributed by atoms with Gasteiger partial charge in [0.25, 0.3) is 0 Å². The third-order valence-corrected chi connectivity index (χ3v) is 4.68. The third-order valence-electron chi connectivity index (χ3n) is 4.68. The Morgan fingerprint density at radius 2 is 1.59 bits per heavy atom. The highest BCUT2D eigenvalue weighted by molar-refractivity contribution is 6.85. The van der Waals surface area contributed by atoms with Crippen LogP contribution in [-0.2, 0) is 0 Å². The second-order valence-corrected chi connectivity index (χ2v) is 5.92. The Hall–Kier alpha value is -2.74. The van der Waals surface area contributed by atoms with Gasteiger partial charge in [0, 0.05) is 0 Å². The van der Waals surface area contributed by atoms with E-state index in [0.29, 0.717) is 6.85 Å². The fourth-order valence-electron chi connectivity index (χ4n) is 3.58. The molecular weight excluding hydrogens is 265 g/mol. The van der Waals surface area contributed by atoms with Gasteiger partial charge >= 0.3 is 6.85 Å². The molecule has 0 saturated heterocycles. The van der Waals surface area contributed by atoms with Crippen molar-refractivity contribution in [3.63, 3.8) is 0 Å². The van der Waals surface area contributed by atoms with E-state index in [2.05, 4.69) is 89.9 Å². The topological polar surface area (TPSA) is 3.24 Å². The fraction of sp³-hybridized carbons (Fsp3) is 0. The van der Waals surface area contributed by atoms with Crippen LogP contribution in [-0.4, -0.2) is 11.7 Å². The van der Waals surface area contributed by atoms with Crippen LogP contribution in [0.3, 0.4) is 0 Å². The lowest BCUT2D eigenvalue weighted by Gasteiger charge is -2.30. The number of rotatable bonds is 0. The molecule has 0 amide bonds. The van der Waals surface area contributed by atoms with E-state index in [-0.39, 0.29) is 0 Å². The Morgan fingerprint density at radius 1 is 0.773 bits per heavy atom. The van der Waals surface area contributed by atoms with Gasteiger partial charge in [-0.3, -0.25) is 0 Å². The van der Waals surface area contributed by atoms with Gasteiger partial charge in [-0.15, -0.1) is 0 Å². The number of hydrogen-bond donors (Lipinski definition) is 0. The van der Waals surface area contributed by atoms with E-state index in [1.54, 1.807) is 0 Å². The van der Waals surface area contributed by atoms with Crippen molar-refractivity contribution in [3.05, 3.63) is 82.9 Å². The van der Waals surface area contributed by atoms with Crippen LogP contribution in [0.1, 0.15) is 5.56 Å². The Bertz CT molecular complexity index is 1050. The lowest BCUT2D eigenvalue weighted by atomic mass is 9.50. The van der Waals surface area contributed by atoms with Gasteiger partial charge in [-0.25, -0.2) is 0 Å². The highest BCUT2D eigenvalue weighted by Crippen LogP contribution is 2.23. The number of nitrogens with zero attached hydrogens (tertiary/aromatic N) is 1. The van der Waals surface area contributed by atoms with Crippen LogP contribution in [0.2, 0.25) is 0 Å². The number of hydrogen-bond acceptors (Lipinski definition) is 1. The first-order chi connectivity index (χ1) is 10.9. The van der Waals surface area contributed by atoms with Crippen LogP contribution in [0, 0.1) is 0 Å². The predicted molar refractivity (Wildman–Crippen MR) is 94.8 cm³/mol. The van der Waals surface area contributed by atoms with Gasteiger partial charge in [-0.1, -0.05) is 66.6 Å². The molecule has 0 atom stereocenters. The van der Waals surface area contributed by atoms with Crippen molar-refractivity contribution >= 4 is 41.3 Å². The number of benzene rings is 3. The van der Waals surface area contributed by atoms with E-state index in [9.17, 15) is 0 Å². The zero-order valence-electron chi connectivity index (χ0n) is 12.1. The Labute approximate surface area is 129 Å². The summed E-state index contributed by atoms with van der Waals surface area (Å²) in [5.74, 6) is 2.37. The minimum Gasteiger partial charge on any atom is -0.389 e. The van der Waals surface area contributed by atoms with Crippen molar-refractivity contribution in [1.29, 1.82) is 0 Å². The van der Waals surface area contributed by atoms with Gasteiger partial charge < -0.3 is 4.81 Å². The summed E-state index contributed by atoms with van der Waals surface area (Å²) in [5, 5.41) is 5.24. The van der Waals surface area contributed by atoms with E-state index in [0.717, 1.165) is 0 Å². The molecule has 0 saturated carbocycles. The average Bonchev–Trinajstić information content (AvgIpc) is 2.59. The summed E-state index contributed by atoms with van der Waals surface area (Å²) in [6, 6.07) is 21.7. The zero-order valence-corrected chi connectivity index (χ0v) is 12.1. The lowest BCUT2D eigenvalue weighted by molar-refractivity contribution is 0.865. The summed E-state index contributed by atoms with van der Waals surface area (Å²) in [6.07, 6.45) is 6.69. The van der Waals surface area contributed by atoms with Crippen LogP contribution in [0.15, 0.2) is 66.9 Å². The Balaban J connectivity index is 1.80. The molecule has 0 unspecified atom stereocenters. The van der Waals surface area contributed by atoms with E-state index in [1.165, 1.54) is 32.2 Å². The third kappa shape index (κ3) is 1.61. The molecule has 3 aromatic rings. The molecule has 0 fully saturated rings. The summed E-state index contributed by atoms with van der Waals surface area (Å²) in [7, 11) is 0. The molecule has 2 aliphatic heterocycles. The van der Waals surface area contributed by atoms with Crippen molar-refractivity contribution in [2.75, 3.05) is 0 Å². The maximum absolute atomic E-state index is 2.37. The maximum Gasteiger partial charge on any atom is 0.320 e. The molecular formula is C20H14BN. The first kappa shape index (κ1) is 11.9. The van der Waals surface area contributed by atoms with Gasteiger partial charge in [-0.2, -0.15) is 0 Å². The number of fused-ring (bicyclic) bond motifs is 6. The molecule has 2 heteroatoms. The molecule has 0 radical (unpaired) electrons. The van der Waals surface area contributed by atoms with Gasteiger partial charge in [0.15, 0.2) is 0 Å². The highest BCUT2D eigenvalue weighted by atomic mass is 15.0. The van der Waals surface area contributed by atoms with Gasteiger partial charge in [0.2, 0.25) is 0 Å². The Kier molecular flexibility index (Phi) is 2.36. The molecule has 1 nitrogen and oxygen atoms in total. The lowest BCUT2D eigenvalue weighted by Crippen LogP contribution is -2.50. The van der Waals surface area contributed by atoms with Crippen LogP contribution in [0.5, 0.6) is 0 Å². The minimum atomic E-state index is 0.291. The SMILES string of the molecule is C1=CN2C=c3ccccc3=CB2c2ccc3ccccc3c21. The van der Waals surface area contributed by atoms with Crippen molar-refractivity contribution < 1.29 is 0 Å². The second-order valence-electron chi connectivity index (χ2n) is 5.92. The summed E-state index contributed by atoms with van der Waals surface area (Å²) in [5.41, 5.74) is 2.73. The normalized spacial score (nSPS) is 14.7. The molecule has 0 spiro atoms. The van der Waals surface area contributed by atoms with Crippen LogP contribution in [0.4, 0.5) is 0 Å². The van der Waals surface area contributed by atoms with E-state index in [1.807, 2.05) is 0 Å². The molecule has 5 rings (SSSR count). The first-order valence-electron chi connectivity index (χ1n) is 7.66. The van der Waals surface area contributed by atoms with Crippen molar-refractivity contribution in [1.82, 2.24) is 4.81 Å². The Morgan fingerprint density at radius 3 is 2.55 bits per heavy atom. The standard InChI is InChI=1S/C20H14BN/c1-2-7-17-14-22-12-11-19-18-8-4-3-5-15(18)9-10-20(19)21(22)13-16(17)6-1/h1-14H. The van der Waals surface area contributed by atoms with Crippen LogP contribution < -0.4 is 15.9 Å². The molecule has 0 aliphatic carbocycles. The van der Waals surface area contributed by atoms with Crippen molar-refractivity contribution in [2.45, 2.75) is 0 Å². The molecule has 2 aliphatic rings. The average molecular weight is 279 g/mol. The first-order valence-corrected chi connectivity index (χ1v) is 7.66. The van der Waals surface area contributed by atoms with Gasteiger partial charge in [0.1, 0.15) is 0 Å². The van der Waals surface area contributed by atoms with Crippen molar-refractivity contribution in [2.24, 2.45) is 0 Å². The quantitative estimate of drug-likeness (QED) is 0.570. The molecule has 2 heterocycles. The molecule has 102 valence electrons. The maximum atomic E-state index is 2.37. The van der Waals surface area contributed by atoms with Crippen LogP contribution >= 0.6 is 0 Å². The molecule has 0 N–H and O–H groups in total. The predicted octanol–water partition coefficient (Wildman–Crippen LogP) is 2.10. The van der Waals surface area contributed by atoms with Gasteiger partial charge in [-0.05, 0) is 50.7 Å². The monoisotopic (exact) mass is 279 g/mol. The summed E-state index contributed by atoms with van der Waals surface area (Å²) < 4.78 is 0. The van der Waals surface area contributed by atoms with Crippen LogP contribution in [0.25, 0.3) is 29.0 Å². The summed E-state index contributed by atoms with van der Waals surface area (Å²) in [4.78, 5) is 2.30. The molecule has 22 heavy (non-hydrogen) atoms. The summed E-state index contributed by atoms with van der Waals surface area (Å²) in [6.45, 7) is 0.291. The van der Waals surface area contributed by atoms with Gasteiger partial charge in [0.05, 0.1) is 0 Å². The molecule has 0 bridgehead atoms. The second kappa shape index (κ2) is 4.38. The molecule has 0 aromatic heterocycles. The highest BCUT2D eigenvalue weighted by Gasteiger charge is 2.27. The van der Waals surface area contributed by atoms with E-state index >= 15 is 0 Å².